The summed E-state index contributed by atoms with van der Waals surface area (Å²) in [5, 5.41) is 7.72. The second kappa shape index (κ2) is 5.28. The molecule has 4 N–H and O–H groups in total. The Balaban J connectivity index is 1.75. The monoisotopic (exact) mass is 284 g/mol. The number of rotatable bonds is 4. The van der Waals surface area contributed by atoms with Crippen LogP contribution in [0.15, 0.2) is 35.4 Å². The van der Waals surface area contributed by atoms with Gasteiger partial charge in [-0.05, 0) is 30.2 Å². The Hall–Kier alpha value is -2.83. The minimum absolute atomic E-state index is 0.198. The van der Waals surface area contributed by atoms with Crippen molar-refractivity contribution in [2.24, 2.45) is 7.05 Å². The highest BCUT2D eigenvalue weighted by molar-refractivity contribution is 5.81. The molecule has 0 unspecified atom stereocenters. The van der Waals surface area contributed by atoms with Gasteiger partial charge in [0.2, 0.25) is 5.95 Å². The van der Waals surface area contributed by atoms with Crippen LogP contribution < -0.4 is 16.6 Å². The van der Waals surface area contributed by atoms with Crippen LogP contribution in [0.4, 0.5) is 11.6 Å². The summed E-state index contributed by atoms with van der Waals surface area (Å²) in [5.74, 6) is 0.459. The molecule has 3 rings (SSSR count). The van der Waals surface area contributed by atoms with Gasteiger partial charge in [0.1, 0.15) is 0 Å². The maximum Gasteiger partial charge on any atom is 0.260 e. The summed E-state index contributed by atoms with van der Waals surface area (Å²) in [6.45, 7) is 0.662. The van der Waals surface area contributed by atoms with Crippen LogP contribution in [0.2, 0.25) is 0 Å². The molecular formula is C14H16N6O. The van der Waals surface area contributed by atoms with Crippen LogP contribution in [0.5, 0.6) is 0 Å². The number of benzene rings is 1. The topological polar surface area (TPSA) is 102 Å². The molecule has 21 heavy (non-hydrogen) atoms. The Morgan fingerprint density at radius 1 is 1.43 bits per heavy atom. The minimum Gasteiger partial charge on any atom is -0.399 e. The van der Waals surface area contributed by atoms with Gasteiger partial charge in [-0.15, -0.1) is 0 Å². The van der Waals surface area contributed by atoms with E-state index in [2.05, 4.69) is 20.4 Å². The van der Waals surface area contributed by atoms with Crippen LogP contribution in [-0.2, 0) is 13.5 Å². The van der Waals surface area contributed by atoms with E-state index in [0.717, 1.165) is 12.0 Å². The highest BCUT2D eigenvalue weighted by atomic mass is 16.1. The van der Waals surface area contributed by atoms with Crippen molar-refractivity contribution in [3.63, 3.8) is 0 Å². The maximum absolute atomic E-state index is 12.0. The first-order valence-corrected chi connectivity index (χ1v) is 6.63. The smallest absolute Gasteiger partial charge is 0.260 e. The lowest BCUT2D eigenvalue weighted by atomic mass is 10.2. The highest BCUT2D eigenvalue weighted by Crippen LogP contribution is 2.12. The van der Waals surface area contributed by atoms with Crippen molar-refractivity contribution in [2.75, 3.05) is 17.6 Å². The molecule has 0 radical (unpaired) electrons. The van der Waals surface area contributed by atoms with Gasteiger partial charge >= 0.3 is 0 Å². The zero-order valence-electron chi connectivity index (χ0n) is 11.6. The molecule has 0 saturated carbocycles. The normalized spacial score (nSPS) is 10.9. The van der Waals surface area contributed by atoms with Crippen LogP contribution in [0.1, 0.15) is 5.56 Å². The zero-order valence-corrected chi connectivity index (χ0v) is 11.6. The summed E-state index contributed by atoms with van der Waals surface area (Å²) in [7, 11) is 1.88. The number of hydrogen-bond acceptors (Lipinski definition) is 5. The van der Waals surface area contributed by atoms with E-state index in [1.165, 1.54) is 0 Å². The number of hydrogen-bond donors (Lipinski definition) is 3. The first kappa shape index (κ1) is 13.2. The zero-order chi connectivity index (χ0) is 14.8. The Kier molecular flexibility index (Phi) is 3.31. The largest absolute Gasteiger partial charge is 0.399 e. The van der Waals surface area contributed by atoms with Crippen molar-refractivity contribution >= 4 is 22.5 Å². The van der Waals surface area contributed by atoms with Crippen LogP contribution in [0.3, 0.4) is 0 Å². The van der Waals surface area contributed by atoms with E-state index in [1.54, 1.807) is 22.9 Å². The molecule has 0 saturated heterocycles. The van der Waals surface area contributed by atoms with Crippen LogP contribution in [0.25, 0.3) is 10.9 Å². The third kappa shape index (κ3) is 2.86. The predicted molar refractivity (Wildman–Crippen MR) is 82.2 cm³/mol. The third-order valence-corrected chi connectivity index (χ3v) is 3.19. The predicted octanol–water partition coefficient (Wildman–Crippen LogP) is 0.893. The molecule has 3 aromatic rings. The van der Waals surface area contributed by atoms with Crippen molar-refractivity contribution in [3.8, 4) is 0 Å². The van der Waals surface area contributed by atoms with Gasteiger partial charge in [0.05, 0.1) is 17.1 Å². The molecular weight excluding hydrogens is 268 g/mol. The average Bonchev–Trinajstić information content (AvgIpc) is 2.85. The van der Waals surface area contributed by atoms with Gasteiger partial charge < -0.3 is 11.1 Å². The van der Waals surface area contributed by atoms with E-state index in [4.69, 9.17) is 5.73 Å². The second-order valence-electron chi connectivity index (χ2n) is 4.89. The van der Waals surface area contributed by atoms with Gasteiger partial charge in [-0.3, -0.25) is 14.5 Å². The van der Waals surface area contributed by atoms with E-state index < -0.39 is 0 Å². The van der Waals surface area contributed by atoms with Crippen molar-refractivity contribution < 1.29 is 0 Å². The number of nitrogens with zero attached hydrogens (tertiary/aromatic N) is 3. The fourth-order valence-electron chi connectivity index (χ4n) is 2.17. The number of aromatic amines is 1. The molecule has 108 valence electrons. The molecule has 0 aliphatic carbocycles. The Morgan fingerprint density at radius 3 is 3.05 bits per heavy atom. The Bertz CT molecular complexity index is 835. The summed E-state index contributed by atoms with van der Waals surface area (Å²) >= 11 is 0. The summed E-state index contributed by atoms with van der Waals surface area (Å²) in [6, 6.07) is 5.10. The Morgan fingerprint density at radius 2 is 2.29 bits per heavy atom. The number of fused-ring (bicyclic) bond motifs is 1. The fraction of sp³-hybridized carbons (Fsp3) is 0.214. The molecule has 0 spiro atoms. The maximum atomic E-state index is 12.0. The van der Waals surface area contributed by atoms with E-state index in [-0.39, 0.29) is 5.56 Å². The average molecular weight is 284 g/mol. The number of anilines is 2. The molecule has 2 heterocycles. The summed E-state index contributed by atoms with van der Waals surface area (Å²) in [4.78, 5) is 19.1. The van der Waals surface area contributed by atoms with Gasteiger partial charge in [0.15, 0.2) is 0 Å². The molecule has 2 aromatic heterocycles. The third-order valence-electron chi connectivity index (χ3n) is 3.19. The van der Waals surface area contributed by atoms with Crippen molar-refractivity contribution in [3.05, 3.63) is 46.5 Å². The molecule has 0 bridgehead atoms. The van der Waals surface area contributed by atoms with Crippen molar-refractivity contribution in [1.29, 1.82) is 0 Å². The number of nitrogen functional groups attached to an aromatic ring is 1. The van der Waals surface area contributed by atoms with Gasteiger partial charge in [-0.25, -0.2) is 4.98 Å². The molecule has 1 aromatic carbocycles. The van der Waals surface area contributed by atoms with Crippen LogP contribution >= 0.6 is 0 Å². The first-order chi connectivity index (χ1) is 10.1. The lowest BCUT2D eigenvalue weighted by molar-refractivity contribution is 0.766. The standard InChI is InChI=1S/C14H16N6O/c1-20-8-9(7-17-20)4-5-16-14-18-12-3-2-10(15)6-11(12)13(21)19-14/h2-3,6-8H,4-5,15H2,1H3,(H2,16,18,19,21). The Labute approximate surface area is 120 Å². The summed E-state index contributed by atoms with van der Waals surface area (Å²) < 4.78 is 1.76. The SMILES string of the molecule is Cn1cc(CCNc2nc3ccc(N)cc3c(=O)[nH]2)cn1. The van der Waals surface area contributed by atoms with Gasteiger partial charge in [-0.1, -0.05) is 0 Å². The number of aromatic nitrogens is 4. The van der Waals surface area contributed by atoms with Crippen molar-refractivity contribution in [2.45, 2.75) is 6.42 Å². The first-order valence-electron chi connectivity index (χ1n) is 6.63. The quantitative estimate of drug-likeness (QED) is 0.618. The van der Waals surface area contributed by atoms with E-state index >= 15 is 0 Å². The van der Waals surface area contributed by atoms with Gasteiger partial charge in [-0.2, -0.15) is 5.10 Å². The number of aryl methyl sites for hydroxylation is 1. The molecule has 0 aliphatic heterocycles. The second-order valence-corrected chi connectivity index (χ2v) is 4.89. The fourth-order valence-corrected chi connectivity index (χ4v) is 2.17. The van der Waals surface area contributed by atoms with Crippen LogP contribution in [0, 0.1) is 0 Å². The van der Waals surface area contributed by atoms with E-state index in [1.807, 2.05) is 19.4 Å². The van der Waals surface area contributed by atoms with E-state index in [0.29, 0.717) is 29.1 Å². The number of nitrogens with two attached hydrogens (primary N) is 1. The van der Waals surface area contributed by atoms with Crippen LogP contribution in [-0.4, -0.2) is 26.3 Å². The highest BCUT2D eigenvalue weighted by Gasteiger charge is 2.04. The molecule has 0 fully saturated rings. The molecule has 0 aliphatic rings. The van der Waals surface area contributed by atoms with Crippen molar-refractivity contribution in [1.82, 2.24) is 19.7 Å². The summed E-state index contributed by atoms with van der Waals surface area (Å²) in [5.41, 5.74) is 7.77. The van der Waals surface area contributed by atoms with E-state index in [9.17, 15) is 4.79 Å². The van der Waals surface area contributed by atoms with Gasteiger partial charge in [0, 0.05) is 25.5 Å². The number of nitrogens with one attached hydrogen (secondary N) is 2. The molecule has 7 heteroatoms. The number of H-pyrrole nitrogens is 1. The molecule has 0 atom stereocenters. The molecule has 0 amide bonds. The summed E-state index contributed by atoms with van der Waals surface area (Å²) in [6.07, 6.45) is 4.58. The van der Waals surface area contributed by atoms with Gasteiger partial charge in [0.25, 0.3) is 5.56 Å². The lowest BCUT2D eigenvalue weighted by Gasteiger charge is -2.06. The lowest BCUT2D eigenvalue weighted by Crippen LogP contribution is -2.15. The minimum atomic E-state index is -0.198. The molecule has 7 nitrogen and oxygen atoms in total.